The highest BCUT2D eigenvalue weighted by molar-refractivity contribution is 5.16. The molecule has 0 saturated carbocycles. The molecule has 1 aromatic rings. The number of halogens is 3. The Kier molecular flexibility index (Phi) is 4.29. The van der Waals surface area contributed by atoms with Gasteiger partial charge in [-0.05, 0) is 25.5 Å². The van der Waals surface area contributed by atoms with Crippen LogP contribution in [0.4, 0.5) is 13.2 Å². The number of alkyl halides is 3. The molecule has 1 N–H and O–H groups in total. The van der Waals surface area contributed by atoms with Crippen molar-refractivity contribution >= 4 is 0 Å². The zero-order valence-electron chi connectivity index (χ0n) is 9.30. The van der Waals surface area contributed by atoms with Crippen LogP contribution in [0.1, 0.15) is 31.5 Å². The van der Waals surface area contributed by atoms with E-state index in [-0.39, 0.29) is 0 Å². The van der Waals surface area contributed by atoms with Crippen molar-refractivity contribution in [3.8, 4) is 0 Å². The highest BCUT2D eigenvalue weighted by Gasteiger charge is 2.30. The van der Waals surface area contributed by atoms with Crippen molar-refractivity contribution in [1.29, 1.82) is 0 Å². The van der Waals surface area contributed by atoms with Gasteiger partial charge < -0.3 is 5.32 Å². The predicted molar refractivity (Wildman–Crippen MR) is 55.8 cm³/mol. The Morgan fingerprint density at radius 2 is 2.06 bits per heavy atom. The third-order valence-electron chi connectivity index (χ3n) is 2.40. The quantitative estimate of drug-likeness (QED) is 0.863. The fraction of sp³-hybridized carbons (Fsp3) is 0.545. The summed E-state index contributed by atoms with van der Waals surface area (Å²) in [4.78, 5) is 3.77. The van der Waals surface area contributed by atoms with E-state index >= 15 is 0 Å². The van der Waals surface area contributed by atoms with Crippen molar-refractivity contribution in [2.75, 3.05) is 0 Å². The van der Waals surface area contributed by atoms with E-state index in [0.717, 1.165) is 18.7 Å². The maximum absolute atomic E-state index is 12.2. The van der Waals surface area contributed by atoms with Gasteiger partial charge in [0, 0.05) is 18.8 Å². The van der Waals surface area contributed by atoms with Gasteiger partial charge in [-0.2, -0.15) is 13.2 Å². The van der Waals surface area contributed by atoms with Gasteiger partial charge in [-0.1, -0.05) is 6.92 Å². The molecule has 2 nitrogen and oxygen atoms in total. The molecule has 90 valence electrons. The number of nitrogens with one attached hydrogen (secondary N) is 1. The molecule has 1 rings (SSSR count). The SMILES string of the molecule is CCC(C)NCc1ccc(C(F)(F)F)cn1. The van der Waals surface area contributed by atoms with Gasteiger partial charge >= 0.3 is 6.18 Å². The Labute approximate surface area is 92.9 Å². The Hall–Kier alpha value is -1.10. The minimum atomic E-state index is -4.31. The van der Waals surface area contributed by atoms with Gasteiger partial charge in [0.2, 0.25) is 0 Å². The van der Waals surface area contributed by atoms with Crippen molar-refractivity contribution in [3.63, 3.8) is 0 Å². The summed E-state index contributed by atoms with van der Waals surface area (Å²) >= 11 is 0. The standard InChI is InChI=1S/C11H15F3N2/c1-3-8(2)15-7-10-5-4-9(6-16-10)11(12,13)14/h4-6,8,15H,3,7H2,1-2H3. The Morgan fingerprint density at radius 1 is 1.38 bits per heavy atom. The molecule has 0 radical (unpaired) electrons. The highest BCUT2D eigenvalue weighted by atomic mass is 19.4. The second kappa shape index (κ2) is 5.30. The van der Waals surface area contributed by atoms with Gasteiger partial charge in [0.1, 0.15) is 0 Å². The fourth-order valence-corrected chi connectivity index (χ4v) is 1.12. The molecule has 16 heavy (non-hydrogen) atoms. The summed E-state index contributed by atoms with van der Waals surface area (Å²) in [5, 5.41) is 3.16. The van der Waals surface area contributed by atoms with Crippen LogP contribution in [0.25, 0.3) is 0 Å². The molecule has 0 aliphatic heterocycles. The third kappa shape index (κ3) is 3.81. The van der Waals surface area contributed by atoms with Crippen molar-refractivity contribution < 1.29 is 13.2 Å². The molecule has 0 saturated heterocycles. The van der Waals surface area contributed by atoms with Gasteiger partial charge in [-0.25, -0.2) is 0 Å². The summed E-state index contributed by atoms with van der Waals surface area (Å²) in [6.07, 6.45) is -2.47. The van der Waals surface area contributed by atoms with E-state index in [1.807, 2.05) is 13.8 Å². The van der Waals surface area contributed by atoms with Crippen LogP contribution in [0.2, 0.25) is 0 Å². The normalized spacial score (nSPS) is 13.8. The molecule has 0 bridgehead atoms. The molecule has 0 amide bonds. The van der Waals surface area contributed by atoms with Crippen molar-refractivity contribution in [2.24, 2.45) is 0 Å². The van der Waals surface area contributed by atoms with E-state index < -0.39 is 11.7 Å². The predicted octanol–water partition coefficient (Wildman–Crippen LogP) is 2.99. The molecule has 0 aromatic carbocycles. The first kappa shape index (κ1) is 13.0. The molecule has 0 spiro atoms. The zero-order valence-corrected chi connectivity index (χ0v) is 9.30. The summed E-state index contributed by atoms with van der Waals surface area (Å²) in [5.74, 6) is 0. The van der Waals surface area contributed by atoms with Crippen molar-refractivity contribution in [1.82, 2.24) is 10.3 Å². The molecule has 1 heterocycles. The molecule has 1 atom stereocenters. The lowest BCUT2D eigenvalue weighted by Crippen LogP contribution is -2.24. The summed E-state index contributed by atoms with van der Waals surface area (Å²) < 4.78 is 36.7. The van der Waals surface area contributed by atoms with Crippen LogP contribution < -0.4 is 5.32 Å². The van der Waals surface area contributed by atoms with E-state index in [4.69, 9.17) is 0 Å². The number of hydrogen-bond acceptors (Lipinski definition) is 2. The van der Waals surface area contributed by atoms with Crippen LogP contribution in [0, 0.1) is 0 Å². The van der Waals surface area contributed by atoms with E-state index in [9.17, 15) is 13.2 Å². The number of nitrogens with zero attached hydrogens (tertiary/aromatic N) is 1. The largest absolute Gasteiger partial charge is 0.417 e. The van der Waals surface area contributed by atoms with Crippen LogP contribution in [-0.2, 0) is 12.7 Å². The second-order valence-corrected chi connectivity index (χ2v) is 3.73. The van der Waals surface area contributed by atoms with Crippen LogP contribution in [0.5, 0.6) is 0 Å². The van der Waals surface area contributed by atoms with Gasteiger partial charge in [-0.3, -0.25) is 4.98 Å². The lowest BCUT2D eigenvalue weighted by molar-refractivity contribution is -0.137. The molecule has 1 unspecified atom stereocenters. The number of aromatic nitrogens is 1. The second-order valence-electron chi connectivity index (χ2n) is 3.73. The summed E-state index contributed by atoms with van der Waals surface area (Å²) in [5.41, 5.74) is -0.0897. The first-order valence-electron chi connectivity index (χ1n) is 5.19. The van der Waals surface area contributed by atoms with Crippen LogP contribution in [0.15, 0.2) is 18.3 Å². The van der Waals surface area contributed by atoms with E-state index in [1.54, 1.807) is 0 Å². The lowest BCUT2D eigenvalue weighted by atomic mass is 10.2. The Bertz CT molecular complexity index is 319. The monoisotopic (exact) mass is 232 g/mol. The average molecular weight is 232 g/mol. The first-order chi connectivity index (χ1) is 7.43. The number of rotatable bonds is 4. The van der Waals surface area contributed by atoms with E-state index in [1.165, 1.54) is 6.07 Å². The Balaban J connectivity index is 2.58. The topological polar surface area (TPSA) is 24.9 Å². The van der Waals surface area contributed by atoms with Crippen molar-refractivity contribution in [2.45, 2.75) is 39.0 Å². The van der Waals surface area contributed by atoms with Crippen LogP contribution in [-0.4, -0.2) is 11.0 Å². The van der Waals surface area contributed by atoms with Crippen molar-refractivity contribution in [3.05, 3.63) is 29.6 Å². The number of pyridine rings is 1. The molecular formula is C11H15F3N2. The van der Waals surface area contributed by atoms with Crippen LogP contribution in [0.3, 0.4) is 0 Å². The average Bonchev–Trinajstić information content (AvgIpc) is 2.25. The van der Waals surface area contributed by atoms with Gasteiger partial charge in [0.15, 0.2) is 0 Å². The third-order valence-corrected chi connectivity index (χ3v) is 2.40. The maximum Gasteiger partial charge on any atom is 0.417 e. The zero-order chi connectivity index (χ0) is 12.2. The summed E-state index contributed by atoms with van der Waals surface area (Å²) in [6.45, 7) is 4.55. The minimum absolute atomic E-state index is 0.337. The molecule has 1 aromatic heterocycles. The van der Waals surface area contributed by atoms with E-state index in [0.29, 0.717) is 18.3 Å². The molecule has 0 fully saturated rings. The lowest BCUT2D eigenvalue weighted by Gasteiger charge is -2.11. The molecule has 5 heteroatoms. The van der Waals surface area contributed by atoms with E-state index in [2.05, 4.69) is 10.3 Å². The van der Waals surface area contributed by atoms with Gasteiger partial charge in [-0.15, -0.1) is 0 Å². The Morgan fingerprint density at radius 3 is 2.50 bits per heavy atom. The molecule has 0 aliphatic carbocycles. The highest BCUT2D eigenvalue weighted by Crippen LogP contribution is 2.28. The molecule has 0 aliphatic rings. The summed E-state index contributed by atoms with van der Waals surface area (Å²) in [6, 6.07) is 2.79. The van der Waals surface area contributed by atoms with Gasteiger partial charge in [0.05, 0.1) is 11.3 Å². The maximum atomic E-state index is 12.2. The minimum Gasteiger partial charge on any atom is -0.309 e. The fourth-order valence-electron chi connectivity index (χ4n) is 1.12. The van der Waals surface area contributed by atoms with Gasteiger partial charge in [0.25, 0.3) is 0 Å². The number of hydrogen-bond donors (Lipinski definition) is 1. The smallest absolute Gasteiger partial charge is 0.309 e. The summed E-state index contributed by atoms with van der Waals surface area (Å²) in [7, 11) is 0. The first-order valence-corrected chi connectivity index (χ1v) is 5.19. The molecular weight excluding hydrogens is 217 g/mol. The van der Waals surface area contributed by atoms with Crippen LogP contribution >= 0.6 is 0 Å².